The number of hydrogen-bond donors (Lipinski definition) is 0. The van der Waals surface area contributed by atoms with Crippen molar-refractivity contribution in [3.05, 3.63) is 0 Å². The Hall–Kier alpha value is -0.180. The molecule has 10 heavy (non-hydrogen) atoms. The van der Waals surface area contributed by atoms with Crippen molar-refractivity contribution in [3.8, 4) is 0 Å². The highest BCUT2D eigenvalue weighted by molar-refractivity contribution is 8.00. The summed E-state index contributed by atoms with van der Waals surface area (Å²) in [4.78, 5) is 10.7. The quantitative estimate of drug-likeness (QED) is 0.541. The smallest absolute Gasteiger partial charge is 0.316 e. The van der Waals surface area contributed by atoms with Crippen LogP contribution in [0.3, 0.4) is 0 Å². The predicted molar refractivity (Wildman–Crippen MR) is 42.0 cm³/mol. The first-order chi connectivity index (χ1) is 4.70. The van der Waals surface area contributed by atoms with Gasteiger partial charge in [-0.15, -0.1) is 11.8 Å². The molecule has 0 aromatic heterocycles. The minimum Gasteiger partial charge on any atom is -0.461 e. The number of carbonyl (C=O) groups is 1. The largest absolute Gasteiger partial charge is 0.461 e. The van der Waals surface area contributed by atoms with Crippen molar-refractivity contribution >= 4 is 17.7 Å². The molecule has 0 aromatic rings. The Morgan fingerprint density at radius 2 is 2.40 bits per heavy atom. The summed E-state index contributed by atoms with van der Waals surface area (Å²) in [5, 5.41) is 0. The van der Waals surface area contributed by atoms with Crippen LogP contribution in [0.15, 0.2) is 0 Å². The maximum atomic E-state index is 10.7. The Balaban J connectivity index is 2.39. The highest BCUT2D eigenvalue weighted by atomic mass is 32.2. The second kappa shape index (κ2) is 3.28. The maximum absolute atomic E-state index is 10.7. The van der Waals surface area contributed by atoms with Crippen molar-refractivity contribution in [3.63, 3.8) is 0 Å². The number of hydrogen-bond acceptors (Lipinski definition) is 3. The molecule has 1 atom stereocenters. The van der Waals surface area contributed by atoms with Crippen LogP contribution in [0, 0.1) is 5.92 Å². The number of rotatable bonds is 1. The lowest BCUT2D eigenvalue weighted by Crippen LogP contribution is -2.31. The third-order valence-corrected chi connectivity index (χ3v) is 2.53. The van der Waals surface area contributed by atoms with Crippen molar-refractivity contribution in [2.45, 2.75) is 20.0 Å². The van der Waals surface area contributed by atoms with Crippen LogP contribution in [0.4, 0.5) is 0 Å². The van der Waals surface area contributed by atoms with Crippen LogP contribution in [-0.4, -0.2) is 23.6 Å². The zero-order valence-corrected chi connectivity index (χ0v) is 7.11. The molecule has 1 unspecified atom stereocenters. The monoisotopic (exact) mass is 160 g/mol. The van der Waals surface area contributed by atoms with Crippen LogP contribution >= 0.6 is 11.8 Å². The average Bonchev–Trinajstić information content (AvgIpc) is 1.88. The van der Waals surface area contributed by atoms with E-state index in [-0.39, 0.29) is 12.1 Å². The maximum Gasteiger partial charge on any atom is 0.316 e. The van der Waals surface area contributed by atoms with Crippen LogP contribution in [0.2, 0.25) is 0 Å². The van der Waals surface area contributed by atoms with Crippen molar-refractivity contribution in [2.24, 2.45) is 5.92 Å². The summed E-state index contributed by atoms with van der Waals surface area (Å²) in [7, 11) is 0. The van der Waals surface area contributed by atoms with Crippen LogP contribution in [-0.2, 0) is 9.53 Å². The van der Waals surface area contributed by atoms with E-state index in [1.54, 1.807) is 11.8 Å². The SMILES string of the molecule is CC(C)C1CSCC(=O)O1. The van der Waals surface area contributed by atoms with Gasteiger partial charge in [0.25, 0.3) is 0 Å². The molecule has 1 saturated heterocycles. The van der Waals surface area contributed by atoms with E-state index < -0.39 is 0 Å². The first-order valence-electron chi connectivity index (χ1n) is 3.47. The van der Waals surface area contributed by atoms with E-state index in [4.69, 9.17) is 4.74 Å². The highest BCUT2D eigenvalue weighted by Crippen LogP contribution is 2.19. The molecule has 2 nitrogen and oxygen atoms in total. The summed E-state index contributed by atoms with van der Waals surface area (Å²) in [5.41, 5.74) is 0. The van der Waals surface area contributed by atoms with Gasteiger partial charge in [-0.3, -0.25) is 4.79 Å². The van der Waals surface area contributed by atoms with Gasteiger partial charge in [-0.2, -0.15) is 0 Å². The van der Waals surface area contributed by atoms with Crippen LogP contribution in [0.25, 0.3) is 0 Å². The molecule has 0 aromatic carbocycles. The Labute approximate surface area is 65.3 Å². The van der Waals surface area contributed by atoms with Crippen LogP contribution < -0.4 is 0 Å². The van der Waals surface area contributed by atoms with E-state index in [0.717, 1.165) is 5.75 Å². The Kier molecular flexibility index (Phi) is 2.60. The number of cyclic esters (lactones) is 1. The van der Waals surface area contributed by atoms with E-state index in [1.807, 2.05) is 0 Å². The fourth-order valence-electron chi connectivity index (χ4n) is 0.824. The molecule has 1 aliphatic rings. The molecule has 1 fully saturated rings. The lowest BCUT2D eigenvalue weighted by atomic mass is 10.1. The summed E-state index contributed by atoms with van der Waals surface area (Å²) < 4.78 is 5.09. The van der Waals surface area contributed by atoms with Gasteiger partial charge in [-0.05, 0) is 5.92 Å². The number of esters is 1. The molecule has 0 saturated carbocycles. The molecule has 0 radical (unpaired) electrons. The van der Waals surface area contributed by atoms with Crippen molar-refractivity contribution < 1.29 is 9.53 Å². The summed E-state index contributed by atoms with van der Waals surface area (Å²) in [6, 6.07) is 0. The fraction of sp³-hybridized carbons (Fsp3) is 0.857. The molecule has 0 N–H and O–H groups in total. The van der Waals surface area contributed by atoms with E-state index in [2.05, 4.69) is 13.8 Å². The van der Waals surface area contributed by atoms with E-state index >= 15 is 0 Å². The lowest BCUT2D eigenvalue weighted by molar-refractivity contribution is -0.147. The zero-order chi connectivity index (χ0) is 7.56. The number of thioether (sulfide) groups is 1. The number of ether oxygens (including phenoxy) is 1. The zero-order valence-electron chi connectivity index (χ0n) is 6.29. The molecule has 1 aliphatic heterocycles. The van der Waals surface area contributed by atoms with Crippen LogP contribution in [0.1, 0.15) is 13.8 Å². The molecule has 1 heterocycles. The molecular weight excluding hydrogens is 148 g/mol. The molecule has 0 aliphatic carbocycles. The van der Waals surface area contributed by atoms with Crippen molar-refractivity contribution in [1.29, 1.82) is 0 Å². The molecule has 3 heteroatoms. The van der Waals surface area contributed by atoms with Gasteiger partial charge in [0.05, 0.1) is 5.75 Å². The normalized spacial score (nSPS) is 26.7. The standard InChI is InChI=1S/C7H12O2S/c1-5(2)6-3-10-4-7(8)9-6/h5-6H,3-4H2,1-2H3. The third-order valence-electron chi connectivity index (χ3n) is 1.53. The Bertz CT molecular complexity index is 134. The first kappa shape index (κ1) is 7.92. The van der Waals surface area contributed by atoms with Crippen LogP contribution in [0.5, 0.6) is 0 Å². The van der Waals surface area contributed by atoms with E-state index in [1.165, 1.54) is 0 Å². The van der Waals surface area contributed by atoms with Gasteiger partial charge in [0.15, 0.2) is 0 Å². The molecular formula is C7H12O2S. The Morgan fingerprint density at radius 3 is 2.80 bits per heavy atom. The summed E-state index contributed by atoms with van der Waals surface area (Å²) in [5.74, 6) is 1.89. The molecule has 0 spiro atoms. The molecule has 1 rings (SSSR count). The van der Waals surface area contributed by atoms with Gasteiger partial charge in [-0.25, -0.2) is 0 Å². The van der Waals surface area contributed by atoms with Gasteiger partial charge < -0.3 is 4.74 Å². The van der Waals surface area contributed by atoms with Gasteiger partial charge in [-0.1, -0.05) is 13.8 Å². The lowest BCUT2D eigenvalue weighted by Gasteiger charge is -2.24. The Morgan fingerprint density at radius 1 is 1.70 bits per heavy atom. The third kappa shape index (κ3) is 1.90. The van der Waals surface area contributed by atoms with Gasteiger partial charge in [0, 0.05) is 5.75 Å². The second-order valence-corrected chi connectivity index (χ2v) is 3.82. The summed E-state index contributed by atoms with van der Waals surface area (Å²) in [6.45, 7) is 4.15. The topological polar surface area (TPSA) is 26.3 Å². The summed E-state index contributed by atoms with van der Waals surface area (Å²) in [6.07, 6.45) is 0.145. The van der Waals surface area contributed by atoms with Gasteiger partial charge >= 0.3 is 5.97 Å². The van der Waals surface area contributed by atoms with Gasteiger partial charge in [0.2, 0.25) is 0 Å². The fourth-order valence-corrected chi connectivity index (χ4v) is 1.86. The van der Waals surface area contributed by atoms with Gasteiger partial charge in [0.1, 0.15) is 6.10 Å². The second-order valence-electron chi connectivity index (χ2n) is 2.79. The van der Waals surface area contributed by atoms with Crippen molar-refractivity contribution in [1.82, 2.24) is 0 Å². The minimum absolute atomic E-state index is 0.0602. The molecule has 0 amide bonds. The highest BCUT2D eigenvalue weighted by Gasteiger charge is 2.22. The van der Waals surface area contributed by atoms with E-state index in [9.17, 15) is 4.79 Å². The summed E-state index contributed by atoms with van der Waals surface area (Å²) >= 11 is 1.66. The minimum atomic E-state index is -0.0602. The molecule has 0 bridgehead atoms. The van der Waals surface area contributed by atoms with Crippen molar-refractivity contribution in [2.75, 3.05) is 11.5 Å². The number of carbonyl (C=O) groups excluding carboxylic acids is 1. The predicted octanol–water partition coefficient (Wildman–Crippen LogP) is 1.30. The van der Waals surface area contributed by atoms with E-state index in [0.29, 0.717) is 11.7 Å². The first-order valence-corrected chi connectivity index (χ1v) is 4.63. The average molecular weight is 160 g/mol. The molecule has 58 valence electrons.